The first kappa shape index (κ1) is 23.3. The lowest BCUT2D eigenvalue weighted by molar-refractivity contribution is -0.122. The van der Waals surface area contributed by atoms with Crippen LogP contribution in [-0.4, -0.2) is 30.4 Å². The van der Waals surface area contributed by atoms with Gasteiger partial charge >= 0.3 is 0 Å². The van der Waals surface area contributed by atoms with Crippen LogP contribution in [0.5, 0.6) is 11.5 Å². The molecule has 0 aliphatic carbocycles. The molecule has 0 saturated heterocycles. The molecule has 4 rings (SSSR count). The number of rotatable bonds is 9. The van der Waals surface area contributed by atoms with Crippen LogP contribution in [0.4, 0.5) is 4.39 Å². The van der Waals surface area contributed by atoms with Crippen LogP contribution in [0.25, 0.3) is 0 Å². The van der Waals surface area contributed by atoms with Crippen LogP contribution >= 0.6 is 0 Å². The average molecular weight is 463 g/mol. The number of amides is 2. The normalized spacial score (nSPS) is 13.4. The maximum Gasteiger partial charge on any atom is 0.255 e. The molecule has 0 spiro atoms. The molecule has 6 nitrogen and oxygen atoms in total. The van der Waals surface area contributed by atoms with Gasteiger partial charge in [0.25, 0.3) is 5.91 Å². The number of hydrogen-bond donors (Lipinski definition) is 1. The lowest BCUT2D eigenvalue weighted by Crippen LogP contribution is -2.34. The van der Waals surface area contributed by atoms with Gasteiger partial charge < -0.3 is 19.7 Å². The average Bonchev–Trinajstić information content (AvgIpc) is 3.19. The Labute approximate surface area is 198 Å². The maximum atomic E-state index is 13.2. The van der Waals surface area contributed by atoms with Gasteiger partial charge in [0.05, 0.1) is 26.2 Å². The van der Waals surface area contributed by atoms with E-state index >= 15 is 0 Å². The number of halogens is 1. The summed E-state index contributed by atoms with van der Waals surface area (Å²) in [5.41, 5.74) is 3.15. The lowest BCUT2D eigenvalue weighted by Gasteiger charge is -2.28. The number of carbonyl (C=O) groups is 2. The smallest absolute Gasteiger partial charge is 0.255 e. The molecule has 3 aromatic rings. The second kappa shape index (κ2) is 10.4. The van der Waals surface area contributed by atoms with Gasteiger partial charge in [0, 0.05) is 18.7 Å². The highest BCUT2D eigenvalue weighted by molar-refractivity contribution is 5.98. The number of nitrogens with one attached hydrogen (secondary N) is 1. The first-order valence-corrected chi connectivity index (χ1v) is 11.2. The summed E-state index contributed by atoms with van der Waals surface area (Å²) < 4.78 is 24.3. The zero-order valence-corrected chi connectivity index (χ0v) is 19.2. The van der Waals surface area contributed by atoms with Crippen molar-refractivity contribution in [3.05, 3.63) is 94.8 Å². The minimum absolute atomic E-state index is 0.0675. The van der Waals surface area contributed by atoms with E-state index in [1.807, 2.05) is 43.3 Å². The number of hydrogen-bond acceptors (Lipinski definition) is 4. The summed E-state index contributed by atoms with van der Waals surface area (Å²) in [6, 6.07) is 18.4. The van der Waals surface area contributed by atoms with Crippen molar-refractivity contribution >= 4 is 11.8 Å². The number of carbonyl (C=O) groups excluding carboxylic acids is 2. The first-order chi connectivity index (χ1) is 16.5. The Balaban J connectivity index is 1.59. The van der Waals surface area contributed by atoms with Crippen LogP contribution < -0.4 is 14.8 Å². The van der Waals surface area contributed by atoms with Crippen molar-refractivity contribution in [3.63, 3.8) is 0 Å². The maximum absolute atomic E-state index is 13.2. The number of ether oxygens (including phenoxy) is 2. The minimum Gasteiger partial charge on any atom is -0.493 e. The van der Waals surface area contributed by atoms with E-state index in [0.29, 0.717) is 30.2 Å². The van der Waals surface area contributed by atoms with Crippen molar-refractivity contribution in [2.45, 2.75) is 32.5 Å². The first-order valence-electron chi connectivity index (χ1n) is 11.2. The number of nitrogens with zero attached hydrogens (tertiary/aromatic N) is 1. The molecular formula is C27H27FN2O4. The van der Waals surface area contributed by atoms with E-state index in [9.17, 15) is 14.0 Å². The third-order valence-electron chi connectivity index (χ3n) is 5.88. The van der Waals surface area contributed by atoms with E-state index in [2.05, 4.69) is 5.32 Å². The Morgan fingerprint density at radius 3 is 2.56 bits per heavy atom. The van der Waals surface area contributed by atoms with E-state index in [-0.39, 0.29) is 30.6 Å². The SMILES string of the molecule is CCOc1ccc([C@@H](CC(=O)NCc2ccc(F)cc2)N2Cc3ccccc3C2=O)cc1OC. The summed E-state index contributed by atoms with van der Waals surface area (Å²) >= 11 is 0. The van der Waals surface area contributed by atoms with Gasteiger partial charge in [-0.05, 0) is 53.9 Å². The van der Waals surface area contributed by atoms with Gasteiger partial charge in [0.15, 0.2) is 11.5 Å². The highest BCUT2D eigenvalue weighted by Gasteiger charge is 2.34. The van der Waals surface area contributed by atoms with Crippen molar-refractivity contribution in [1.29, 1.82) is 0 Å². The molecule has 0 fully saturated rings. The Morgan fingerprint density at radius 1 is 1.09 bits per heavy atom. The Hall–Kier alpha value is -3.87. The molecule has 176 valence electrons. The van der Waals surface area contributed by atoms with Gasteiger partial charge in [0.1, 0.15) is 5.82 Å². The second-order valence-electron chi connectivity index (χ2n) is 8.06. The molecule has 34 heavy (non-hydrogen) atoms. The molecule has 0 saturated carbocycles. The largest absolute Gasteiger partial charge is 0.493 e. The van der Waals surface area contributed by atoms with E-state index in [1.54, 1.807) is 30.2 Å². The monoisotopic (exact) mass is 462 g/mol. The van der Waals surface area contributed by atoms with E-state index in [1.165, 1.54) is 12.1 Å². The quantitative estimate of drug-likeness (QED) is 0.503. The third-order valence-corrected chi connectivity index (χ3v) is 5.88. The van der Waals surface area contributed by atoms with Crippen LogP contribution in [0.15, 0.2) is 66.7 Å². The van der Waals surface area contributed by atoms with Crippen LogP contribution in [0.1, 0.15) is 46.4 Å². The van der Waals surface area contributed by atoms with Crippen molar-refractivity contribution in [1.82, 2.24) is 10.2 Å². The minimum atomic E-state index is -0.502. The molecule has 1 aliphatic heterocycles. The molecule has 7 heteroatoms. The molecule has 3 aromatic carbocycles. The number of fused-ring (bicyclic) bond motifs is 1. The molecule has 1 heterocycles. The Bertz CT molecular complexity index is 1180. The predicted octanol–water partition coefficient (Wildman–Crippen LogP) is 4.64. The van der Waals surface area contributed by atoms with Crippen LogP contribution in [0.3, 0.4) is 0 Å². The summed E-state index contributed by atoms with van der Waals surface area (Å²) in [5, 5.41) is 2.88. The molecule has 0 radical (unpaired) electrons. The molecule has 0 unspecified atom stereocenters. The summed E-state index contributed by atoms with van der Waals surface area (Å²) in [6.45, 7) is 3.07. The van der Waals surface area contributed by atoms with Crippen LogP contribution in [-0.2, 0) is 17.9 Å². The fourth-order valence-electron chi connectivity index (χ4n) is 4.15. The van der Waals surface area contributed by atoms with Gasteiger partial charge in [-0.3, -0.25) is 9.59 Å². The molecule has 0 aromatic heterocycles. The van der Waals surface area contributed by atoms with Gasteiger partial charge in [0.2, 0.25) is 5.91 Å². The summed E-state index contributed by atoms with van der Waals surface area (Å²) in [7, 11) is 1.56. The van der Waals surface area contributed by atoms with E-state index in [0.717, 1.165) is 16.7 Å². The Morgan fingerprint density at radius 2 is 1.85 bits per heavy atom. The second-order valence-corrected chi connectivity index (χ2v) is 8.06. The van der Waals surface area contributed by atoms with Gasteiger partial charge in [-0.15, -0.1) is 0 Å². The topological polar surface area (TPSA) is 67.9 Å². The highest BCUT2D eigenvalue weighted by atomic mass is 19.1. The van der Waals surface area contributed by atoms with Crippen LogP contribution in [0.2, 0.25) is 0 Å². The molecule has 0 bridgehead atoms. The standard InChI is InChI=1S/C27H27FN2O4/c1-3-34-24-13-10-19(14-25(24)33-2)23(30-17-20-6-4-5-7-22(20)27(30)32)15-26(31)29-16-18-8-11-21(28)12-9-18/h4-14,23H,3,15-17H2,1-2H3,(H,29,31)/t23-/m1/s1. The molecular weight excluding hydrogens is 435 g/mol. The lowest BCUT2D eigenvalue weighted by atomic mass is 10.0. The fourth-order valence-corrected chi connectivity index (χ4v) is 4.15. The van der Waals surface area contributed by atoms with Crippen molar-refractivity contribution < 1.29 is 23.5 Å². The molecule has 2 amide bonds. The van der Waals surface area contributed by atoms with Crippen molar-refractivity contribution in [2.24, 2.45) is 0 Å². The number of methoxy groups -OCH3 is 1. The van der Waals surface area contributed by atoms with E-state index < -0.39 is 6.04 Å². The van der Waals surface area contributed by atoms with E-state index in [4.69, 9.17) is 9.47 Å². The van der Waals surface area contributed by atoms with Gasteiger partial charge in [-0.25, -0.2) is 4.39 Å². The zero-order valence-electron chi connectivity index (χ0n) is 19.2. The fraction of sp³-hybridized carbons (Fsp3) is 0.259. The third kappa shape index (κ3) is 5.03. The Kier molecular flexibility index (Phi) is 7.11. The highest BCUT2D eigenvalue weighted by Crippen LogP contribution is 2.37. The van der Waals surface area contributed by atoms with Crippen molar-refractivity contribution in [3.8, 4) is 11.5 Å². The molecule has 1 aliphatic rings. The van der Waals surface area contributed by atoms with Gasteiger partial charge in [-0.2, -0.15) is 0 Å². The summed E-state index contributed by atoms with van der Waals surface area (Å²) in [6.07, 6.45) is 0.0675. The van der Waals surface area contributed by atoms with Crippen molar-refractivity contribution in [2.75, 3.05) is 13.7 Å². The predicted molar refractivity (Wildman–Crippen MR) is 126 cm³/mol. The summed E-state index contributed by atoms with van der Waals surface area (Å²) in [4.78, 5) is 27.9. The van der Waals surface area contributed by atoms with Gasteiger partial charge in [-0.1, -0.05) is 36.4 Å². The zero-order chi connectivity index (χ0) is 24.1. The number of benzene rings is 3. The summed E-state index contributed by atoms with van der Waals surface area (Å²) in [5.74, 6) is 0.488. The molecule has 1 atom stereocenters. The van der Waals surface area contributed by atoms with Crippen LogP contribution in [0, 0.1) is 5.82 Å². The molecule has 1 N–H and O–H groups in total.